The summed E-state index contributed by atoms with van der Waals surface area (Å²) in [5, 5.41) is 2.74. The van der Waals surface area contributed by atoms with Crippen LogP contribution in [-0.4, -0.2) is 47.3 Å². The molecule has 1 atom stereocenters. The molecule has 0 bridgehead atoms. The molecule has 0 saturated carbocycles. The third-order valence-electron chi connectivity index (χ3n) is 4.16. The number of amides is 4. The number of halogens is 1. The molecule has 1 unspecified atom stereocenters. The SMILES string of the molecule is CC(C)CN(CC(C)C)C(=O)CN1C(=O)NC(C)(c2ccc(Br)s2)C1=O. The van der Waals surface area contributed by atoms with Gasteiger partial charge in [0.1, 0.15) is 6.54 Å². The normalized spacial score (nSPS) is 20.2. The van der Waals surface area contributed by atoms with Crippen molar-refractivity contribution in [2.45, 2.75) is 40.2 Å². The fourth-order valence-corrected chi connectivity index (χ4v) is 4.47. The van der Waals surface area contributed by atoms with Crippen LogP contribution in [0.5, 0.6) is 0 Å². The highest BCUT2D eigenvalue weighted by Gasteiger charge is 2.50. The van der Waals surface area contributed by atoms with Gasteiger partial charge in [0.05, 0.1) is 3.79 Å². The predicted octanol–water partition coefficient (Wildman–Crippen LogP) is 3.42. The number of carbonyl (C=O) groups is 3. The van der Waals surface area contributed by atoms with Gasteiger partial charge in [-0.3, -0.25) is 14.5 Å². The second kappa shape index (κ2) is 8.08. The Bertz CT molecular complexity index is 694. The number of hydrogen-bond acceptors (Lipinski definition) is 4. The second-order valence-electron chi connectivity index (χ2n) is 7.64. The van der Waals surface area contributed by atoms with Crippen LogP contribution < -0.4 is 5.32 Å². The number of nitrogens with one attached hydrogen (secondary N) is 1. The van der Waals surface area contributed by atoms with Gasteiger partial charge in [0.15, 0.2) is 5.54 Å². The van der Waals surface area contributed by atoms with Gasteiger partial charge in [0.2, 0.25) is 5.91 Å². The van der Waals surface area contributed by atoms with E-state index in [-0.39, 0.29) is 18.4 Å². The van der Waals surface area contributed by atoms with Crippen LogP contribution in [0, 0.1) is 11.8 Å². The van der Waals surface area contributed by atoms with Crippen LogP contribution in [0.25, 0.3) is 0 Å². The van der Waals surface area contributed by atoms with Crippen LogP contribution in [0.3, 0.4) is 0 Å². The molecule has 1 N–H and O–H groups in total. The van der Waals surface area contributed by atoms with Gasteiger partial charge in [0, 0.05) is 18.0 Å². The zero-order chi connectivity index (χ0) is 19.6. The summed E-state index contributed by atoms with van der Waals surface area (Å²) in [6.45, 7) is 10.8. The number of hydrogen-bond donors (Lipinski definition) is 1. The van der Waals surface area contributed by atoms with Crippen LogP contribution in [0.4, 0.5) is 4.79 Å². The van der Waals surface area contributed by atoms with Crippen molar-refractivity contribution < 1.29 is 14.4 Å². The fraction of sp³-hybridized carbons (Fsp3) is 0.611. The molecule has 2 rings (SSSR count). The fourth-order valence-electron chi connectivity index (χ4n) is 2.99. The first-order chi connectivity index (χ1) is 12.0. The quantitative estimate of drug-likeness (QED) is 0.656. The van der Waals surface area contributed by atoms with Crippen molar-refractivity contribution in [3.63, 3.8) is 0 Å². The third-order valence-corrected chi connectivity index (χ3v) is 6.00. The molecule has 1 aromatic rings. The van der Waals surface area contributed by atoms with E-state index in [0.717, 1.165) is 13.6 Å². The minimum atomic E-state index is -1.13. The molecule has 1 aromatic heterocycles. The molecular weight excluding hydrogens is 418 g/mol. The summed E-state index contributed by atoms with van der Waals surface area (Å²) in [6.07, 6.45) is 0. The van der Waals surface area contributed by atoms with Gasteiger partial charge in [0.25, 0.3) is 5.91 Å². The Labute approximate surface area is 167 Å². The molecule has 144 valence electrons. The summed E-state index contributed by atoms with van der Waals surface area (Å²) in [4.78, 5) is 41.6. The Morgan fingerprint density at radius 2 is 1.81 bits per heavy atom. The molecule has 0 spiro atoms. The number of thiophene rings is 1. The molecule has 4 amide bonds. The van der Waals surface area contributed by atoms with Crippen LogP contribution in [0.15, 0.2) is 15.9 Å². The lowest BCUT2D eigenvalue weighted by atomic mass is 10.0. The lowest BCUT2D eigenvalue weighted by Crippen LogP contribution is -2.46. The van der Waals surface area contributed by atoms with Gasteiger partial charge in [-0.2, -0.15) is 0 Å². The van der Waals surface area contributed by atoms with Crippen LogP contribution >= 0.6 is 27.3 Å². The maximum Gasteiger partial charge on any atom is 0.325 e. The van der Waals surface area contributed by atoms with Crippen LogP contribution in [-0.2, 0) is 15.1 Å². The van der Waals surface area contributed by atoms with Crippen molar-refractivity contribution in [1.82, 2.24) is 15.1 Å². The highest BCUT2D eigenvalue weighted by atomic mass is 79.9. The smallest absolute Gasteiger partial charge is 0.325 e. The minimum absolute atomic E-state index is 0.201. The maximum atomic E-state index is 12.9. The largest absolute Gasteiger partial charge is 0.341 e. The van der Waals surface area contributed by atoms with E-state index in [1.165, 1.54) is 11.3 Å². The summed E-state index contributed by atoms with van der Waals surface area (Å²) in [5.41, 5.74) is -1.13. The zero-order valence-corrected chi connectivity index (χ0v) is 18.2. The Hall–Kier alpha value is -1.41. The molecule has 1 fully saturated rings. The molecule has 6 nitrogen and oxygen atoms in total. The van der Waals surface area contributed by atoms with E-state index in [0.29, 0.717) is 24.9 Å². The first-order valence-corrected chi connectivity index (χ1v) is 10.3. The van der Waals surface area contributed by atoms with Gasteiger partial charge in [-0.25, -0.2) is 4.79 Å². The van der Waals surface area contributed by atoms with Crippen molar-refractivity contribution in [2.75, 3.05) is 19.6 Å². The van der Waals surface area contributed by atoms with Gasteiger partial charge < -0.3 is 10.2 Å². The Balaban J connectivity index is 2.16. The Morgan fingerprint density at radius 3 is 2.27 bits per heavy atom. The third kappa shape index (κ3) is 4.46. The van der Waals surface area contributed by atoms with Crippen LogP contribution in [0.1, 0.15) is 39.5 Å². The summed E-state index contributed by atoms with van der Waals surface area (Å²) in [7, 11) is 0. The molecule has 0 aromatic carbocycles. The van der Waals surface area contributed by atoms with Gasteiger partial charge in [-0.1, -0.05) is 27.7 Å². The molecule has 1 aliphatic heterocycles. The predicted molar refractivity (Wildman–Crippen MR) is 106 cm³/mol. The van der Waals surface area contributed by atoms with Gasteiger partial charge in [-0.15, -0.1) is 11.3 Å². The van der Waals surface area contributed by atoms with Crippen molar-refractivity contribution in [3.8, 4) is 0 Å². The average molecular weight is 444 g/mol. The summed E-state index contributed by atoms with van der Waals surface area (Å²) in [5.74, 6) is 0.0378. The van der Waals surface area contributed by atoms with E-state index in [1.54, 1.807) is 11.8 Å². The van der Waals surface area contributed by atoms with Crippen molar-refractivity contribution in [1.29, 1.82) is 0 Å². The van der Waals surface area contributed by atoms with Gasteiger partial charge in [-0.05, 0) is 46.8 Å². The standard InChI is InChI=1S/C18H26BrN3O3S/c1-11(2)8-21(9-12(3)4)15(23)10-22-16(24)18(5,20-17(22)25)13-6-7-14(19)26-13/h6-7,11-12H,8-10H2,1-5H3,(H,20,25). The van der Waals surface area contributed by atoms with E-state index in [1.807, 2.05) is 39.8 Å². The summed E-state index contributed by atoms with van der Waals surface area (Å²) < 4.78 is 0.880. The van der Waals surface area contributed by atoms with Crippen molar-refractivity contribution in [2.24, 2.45) is 11.8 Å². The van der Waals surface area contributed by atoms with Gasteiger partial charge >= 0.3 is 6.03 Å². The Kier molecular flexibility index (Phi) is 6.50. The number of rotatable bonds is 7. The highest BCUT2D eigenvalue weighted by molar-refractivity contribution is 9.11. The molecule has 2 heterocycles. The molecule has 1 aliphatic rings. The zero-order valence-electron chi connectivity index (χ0n) is 15.8. The minimum Gasteiger partial charge on any atom is -0.341 e. The summed E-state index contributed by atoms with van der Waals surface area (Å²) in [6, 6.07) is 3.12. The van der Waals surface area contributed by atoms with E-state index in [2.05, 4.69) is 21.2 Å². The van der Waals surface area contributed by atoms with Crippen molar-refractivity contribution >= 4 is 45.1 Å². The topological polar surface area (TPSA) is 69.7 Å². The monoisotopic (exact) mass is 443 g/mol. The first kappa shape index (κ1) is 20.9. The lowest BCUT2D eigenvalue weighted by Gasteiger charge is -2.28. The van der Waals surface area contributed by atoms with E-state index >= 15 is 0 Å². The number of imide groups is 1. The van der Waals surface area contributed by atoms with Crippen LogP contribution in [0.2, 0.25) is 0 Å². The first-order valence-electron chi connectivity index (χ1n) is 8.72. The highest BCUT2D eigenvalue weighted by Crippen LogP contribution is 2.35. The lowest BCUT2D eigenvalue weighted by molar-refractivity contribution is -0.139. The maximum absolute atomic E-state index is 12.9. The Morgan fingerprint density at radius 1 is 1.23 bits per heavy atom. The molecular formula is C18H26BrN3O3S. The van der Waals surface area contributed by atoms with E-state index < -0.39 is 11.6 Å². The number of nitrogens with zero attached hydrogens (tertiary/aromatic N) is 2. The molecule has 8 heteroatoms. The number of urea groups is 1. The average Bonchev–Trinajstić information content (AvgIpc) is 3.04. The second-order valence-corrected chi connectivity index (χ2v) is 10.1. The van der Waals surface area contributed by atoms with Crippen molar-refractivity contribution in [3.05, 3.63) is 20.8 Å². The molecule has 26 heavy (non-hydrogen) atoms. The number of carbonyl (C=O) groups excluding carboxylic acids is 3. The van der Waals surface area contributed by atoms with E-state index in [4.69, 9.17) is 0 Å². The van der Waals surface area contributed by atoms with E-state index in [9.17, 15) is 14.4 Å². The molecule has 0 aliphatic carbocycles. The summed E-state index contributed by atoms with van der Waals surface area (Å²) >= 11 is 4.77. The molecule has 0 radical (unpaired) electrons. The molecule has 1 saturated heterocycles.